The quantitative estimate of drug-likeness (QED) is 0.542. The van der Waals surface area contributed by atoms with Gasteiger partial charge in [0.1, 0.15) is 0 Å². The van der Waals surface area contributed by atoms with Gasteiger partial charge in [0, 0.05) is 50.7 Å². The van der Waals surface area contributed by atoms with E-state index in [9.17, 15) is 26.3 Å². The van der Waals surface area contributed by atoms with Crippen molar-refractivity contribution in [1.82, 2.24) is 14.9 Å². The van der Waals surface area contributed by atoms with Crippen molar-refractivity contribution in [1.29, 1.82) is 0 Å². The lowest BCUT2D eigenvalue weighted by Crippen LogP contribution is -2.56. The molecule has 2 saturated heterocycles. The predicted molar refractivity (Wildman–Crippen MR) is 118 cm³/mol. The third-order valence-corrected chi connectivity index (χ3v) is 5.52. The van der Waals surface area contributed by atoms with Gasteiger partial charge in [-0.25, -0.2) is 19.6 Å². The van der Waals surface area contributed by atoms with Gasteiger partial charge in [-0.05, 0) is 31.4 Å². The third kappa shape index (κ3) is 9.81. The number of morpholine rings is 1. The maximum atomic E-state index is 10.6. The van der Waals surface area contributed by atoms with Gasteiger partial charge in [0.15, 0.2) is 0 Å². The number of carboxylic acids is 2. The zero-order valence-electron chi connectivity index (χ0n) is 20.1. The van der Waals surface area contributed by atoms with E-state index in [1.807, 2.05) is 31.6 Å². The van der Waals surface area contributed by atoms with E-state index in [1.165, 1.54) is 5.56 Å². The third-order valence-electron chi connectivity index (χ3n) is 5.52. The summed E-state index contributed by atoms with van der Waals surface area (Å²) < 4.78 is 74.9. The van der Waals surface area contributed by atoms with Gasteiger partial charge in [-0.15, -0.1) is 0 Å². The number of aromatic nitrogens is 2. The fourth-order valence-corrected chi connectivity index (χ4v) is 3.66. The Morgan fingerprint density at radius 3 is 1.97 bits per heavy atom. The van der Waals surface area contributed by atoms with E-state index in [2.05, 4.69) is 19.8 Å². The maximum Gasteiger partial charge on any atom is 0.490 e. The van der Waals surface area contributed by atoms with E-state index in [0.29, 0.717) is 0 Å². The highest BCUT2D eigenvalue weighted by molar-refractivity contribution is 5.73. The molecule has 0 atom stereocenters. The molecular weight excluding hydrogens is 530 g/mol. The largest absolute Gasteiger partial charge is 0.490 e. The van der Waals surface area contributed by atoms with Crippen LogP contribution in [0.25, 0.3) is 0 Å². The molecule has 2 fully saturated rings. The minimum Gasteiger partial charge on any atom is -0.475 e. The van der Waals surface area contributed by atoms with Gasteiger partial charge in [-0.3, -0.25) is 4.90 Å². The van der Waals surface area contributed by atoms with Crippen LogP contribution < -0.4 is 4.90 Å². The van der Waals surface area contributed by atoms with E-state index in [-0.39, 0.29) is 5.60 Å². The Kier molecular flexibility index (Phi) is 10.5. The summed E-state index contributed by atoms with van der Waals surface area (Å²) in [7, 11) is 0. The van der Waals surface area contributed by atoms with Gasteiger partial charge in [0.2, 0.25) is 5.95 Å². The monoisotopic (exact) mass is 556 g/mol. The minimum absolute atomic E-state index is 0.0246. The topological polar surface area (TPSA) is 129 Å². The van der Waals surface area contributed by atoms with Crippen molar-refractivity contribution < 1.29 is 55.3 Å². The van der Waals surface area contributed by atoms with Crippen LogP contribution in [0.3, 0.4) is 0 Å². The average Bonchev–Trinajstić information content (AvgIpc) is 3.33. The Morgan fingerprint density at radius 1 is 1.00 bits per heavy atom. The second kappa shape index (κ2) is 12.9. The van der Waals surface area contributed by atoms with Crippen molar-refractivity contribution in [3.8, 4) is 0 Å². The van der Waals surface area contributed by atoms with Crippen molar-refractivity contribution >= 4 is 17.9 Å². The number of ether oxygens (including phenoxy) is 1. The number of furan rings is 1. The molecule has 0 aliphatic carbocycles. The van der Waals surface area contributed by atoms with Crippen LogP contribution in [0.5, 0.6) is 0 Å². The number of carboxylic acid groups (broad SMARTS) is 2. The molecule has 10 nitrogen and oxygen atoms in total. The minimum atomic E-state index is -5.08. The van der Waals surface area contributed by atoms with Crippen molar-refractivity contribution in [2.24, 2.45) is 0 Å². The number of aliphatic carboxylic acids is 2. The Bertz CT molecular complexity index is 998. The summed E-state index contributed by atoms with van der Waals surface area (Å²) in [5, 5.41) is 14.2. The molecule has 16 heteroatoms. The molecule has 2 aliphatic rings. The summed E-state index contributed by atoms with van der Waals surface area (Å²) in [6.07, 6.45) is -0.781. The van der Waals surface area contributed by atoms with Crippen LogP contribution in [0.4, 0.5) is 32.3 Å². The van der Waals surface area contributed by atoms with Gasteiger partial charge >= 0.3 is 24.3 Å². The molecule has 38 heavy (non-hydrogen) atoms. The Morgan fingerprint density at radius 2 is 1.53 bits per heavy atom. The van der Waals surface area contributed by atoms with Crippen LogP contribution in [0.2, 0.25) is 0 Å². The maximum absolute atomic E-state index is 10.6. The molecular formula is C22H26F6N4O6. The molecule has 4 rings (SSSR count). The van der Waals surface area contributed by atoms with Gasteiger partial charge in [-0.1, -0.05) is 0 Å². The summed E-state index contributed by atoms with van der Waals surface area (Å²) in [6.45, 7) is 7.62. The van der Waals surface area contributed by atoms with Crippen molar-refractivity contribution in [2.75, 3.05) is 37.7 Å². The molecule has 2 aliphatic heterocycles. The van der Waals surface area contributed by atoms with E-state index < -0.39 is 24.3 Å². The molecule has 0 radical (unpaired) electrons. The molecule has 2 N–H and O–H groups in total. The highest BCUT2D eigenvalue weighted by Crippen LogP contribution is 2.31. The zero-order valence-corrected chi connectivity index (χ0v) is 20.1. The zero-order chi connectivity index (χ0) is 28.6. The summed E-state index contributed by atoms with van der Waals surface area (Å²) in [5.74, 6) is -4.68. The molecule has 4 heterocycles. The Labute approximate surface area is 212 Å². The molecule has 212 valence electrons. The van der Waals surface area contributed by atoms with Crippen LogP contribution in [0.1, 0.15) is 24.0 Å². The molecule has 0 aromatic carbocycles. The van der Waals surface area contributed by atoms with Crippen LogP contribution >= 0.6 is 0 Å². The van der Waals surface area contributed by atoms with Gasteiger partial charge in [0.25, 0.3) is 0 Å². The van der Waals surface area contributed by atoms with Crippen LogP contribution in [-0.2, 0) is 20.9 Å². The Balaban J connectivity index is 0.000000301. The number of halogens is 6. The van der Waals surface area contributed by atoms with Crippen molar-refractivity contribution in [3.63, 3.8) is 0 Å². The highest BCUT2D eigenvalue weighted by Gasteiger charge is 2.40. The second-order valence-corrected chi connectivity index (χ2v) is 8.53. The second-order valence-electron chi connectivity index (χ2n) is 8.53. The number of hydrogen-bond acceptors (Lipinski definition) is 8. The molecule has 2 aromatic heterocycles. The van der Waals surface area contributed by atoms with Gasteiger partial charge < -0.3 is 24.3 Å². The summed E-state index contributed by atoms with van der Waals surface area (Å²) in [6, 6.07) is 2.04. The van der Waals surface area contributed by atoms with E-state index >= 15 is 0 Å². The summed E-state index contributed by atoms with van der Waals surface area (Å²) in [5.41, 5.74) is 2.30. The predicted octanol–water partition coefficient (Wildman–Crippen LogP) is 3.52. The number of anilines is 1. The first kappa shape index (κ1) is 30.8. The van der Waals surface area contributed by atoms with Crippen molar-refractivity contribution in [3.05, 3.63) is 42.1 Å². The lowest BCUT2D eigenvalue weighted by molar-refractivity contribution is -0.193. The molecule has 0 saturated carbocycles. The van der Waals surface area contributed by atoms with Gasteiger partial charge in [0.05, 0.1) is 24.7 Å². The molecule has 0 bridgehead atoms. The first-order chi connectivity index (χ1) is 17.6. The lowest BCUT2D eigenvalue weighted by Gasteiger charge is -2.47. The molecule has 2 aromatic rings. The van der Waals surface area contributed by atoms with Crippen LogP contribution in [0.15, 0.2) is 35.4 Å². The highest BCUT2D eigenvalue weighted by atomic mass is 19.4. The first-order valence-electron chi connectivity index (χ1n) is 11.1. The number of carbonyl (C=O) groups is 2. The molecule has 0 amide bonds. The van der Waals surface area contributed by atoms with Crippen LogP contribution in [-0.4, -0.2) is 87.8 Å². The van der Waals surface area contributed by atoms with E-state index in [0.717, 1.165) is 63.7 Å². The first-order valence-corrected chi connectivity index (χ1v) is 11.1. The number of rotatable bonds is 3. The summed E-state index contributed by atoms with van der Waals surface area (Å²) >= 11 is 0. The number of nitrogens with zero attached hydrogens (tertiary/aromatic N) is 4. The standard InChI is InChI=1S/C18H24N4O2.2C2HF3O2/c1-15-10-19-17(20-11-15)22-5-3-18(4-6-22)14-21(7-9-24-18)12-16-2-8-23-13-16;2*3-2(4,5)1(6)7/h2,8,10-11,13H,3-7,9,12,14H2,1H3;2*(H,6,7). The smallest absolute Gasteiger partial charge is 0.475 e. The van der Waals surface area contributed by atoms with Crippen LogP contribution in [0, 0.1) is 6.92 Å². The SMILES string of the molecule is Cc1cnc(N2CCC3(CC2)CN(Cc2ccoc2)CCO3)nc1.O=C(O)C(F)(F)F.O=C(O)C(F)(F)F. The van der Waals surface area contributed by atoms with Crippen molar-refractivity contribution in [2.45, 2.75) is 44.3 Å². The lowest BCUT2D eigenvalue weighted by atomic mass is 9.89. The Hall–Kier alpha value is -3.40. The summed E-state index contributed by atoms with van der Waals surface area (Å²) in [4.78, 5) is 31.4. The van der Waals surface area contributed by atoms with E-state index in [4.69, 9.17) is 29.0 Å². The molecule has 1 spiro atoms. The number of hydrogen-bond donors (Lipinski definition) is 2. The van der Waals surface area contributed by atoms with E-state index in [1.54, 1.807) is 6.26 Å². The fraction of sp³-hybridized carbons (Fsp3) is 0.545. The fourth-order valence-electron chi connectivity index (χ4n) is 3.66. The number of alkyl halides is 6. The number of aryl methyl sites for hydroxylation is 1. The van der Waals surface area contributed by atoms with Gasteiger partial charge in [-0.2, -0.15) is 26.3 Å². The average molecular weight is 556 g/mol. The number of piperidine rings is 1. The molecule has 0 unspecified atom stereocenters. The normalized spacial score (nSPS) is 17.6.